The van der Waals surface area contributed by atoms with Gasteiger partial charge in [-0.2, -0.15) is 0 Å². The molecule has 0 atom stereocenters. The monoisotopic (exact) mass is 246 g/mol. The summed E-state index contributed by atoms with van der Waals surface area (Å²) in [6.07, 6.45) is 4.12. The number of carboxylic acids is 1. The first-order valence-electron chi connectivity index (χ1n) is 5.05. The Balaban J connectivity index is 2.13. The van der Waals surface area contributed by atoms with Crippen LogP contribution in [0.3, 0.4) is 0 Å². The van der Waals surface area contributed by atoms with E-state index in [2.05, 4.69) is 15.3 Å². The highest BCUT2D eigenvalue weighted by Gasteiger charge is 2.11. The van der Waals surface area contributed by atoms with Crippen molar-refractivity contribution in [3.63, 3.8) is 0 Å². The van der Waals surface area contributed by atoms with Gasteiger partial charge in [-0.05, 0) is 12.1 Å². The van der Waals surface area contributed by atoms with Crippen molar-refractivity contribution >= 4 is 17.7 Å². The van der Waals surface area contributed by atoms with Crippen LogP contribution >= 0.6 is 0 Å². The average molecular weight is 246 g/mol. The molecular formula is C11H10N4O3. The fourth-order valence-electron chi connectivity index (χ4n) is 1.35. The molecule has 0 aliphatic carbocycles. The Bertz CT molecular complexity index is 589. The molecule has 18 heavy (non-hydrogen) atoms. The normalized spacial score (nSPS) is 10.1. The fraction of sp³-hybridized carbons (Fsp3) is 0.0909. The van der Waals surface area contributed by atoms with E-state index in [0.29, 0.717) is 5.69 Å². The van der Waals surface area contributed by atoms with E-state index < -0.39 is 5.97 Å². The SMILES string of the molecule is Cn1cncc1C(=O)Nc1ccc(C(=O)O)cn1. The van der Waals surface area contributed by atoms with Crippen molar-refractivity contribution in [1.29, 1.82) is 0 Å². The Morgan fingerprint density at radius 3 is 2.61 bits per heavy atom. The second-order valence-corrected chi connectivity index (χ2v) is 3.58. The highest BCUT2D eigenvalue weighted by atomic mass is 16.4. The minimum absolute atomic E-state index is 0.0635. The highest BCUT2D eigenvalue weighted by molar-refractivity contribution is 6.02. The lowest BCUT2D eigenvalue weighted by Gasteiger charge is -2.04. The van der Waals surface area contributed by atoms with E-state index in [4.69, 9.17) is 5.11 Å². The Labute approximate surface area is 102 Å². The van der Waals surface area contributed by atoms with Gasteiger partial charge in [-0.1, -0.05) is 0 Å². The molecule has 0 aromatic carbocycles. The summed E-state index contributed by atoms with van der Waals surface area (Å²) in [7, 11) is 1.70. The number of imidazole rings is 1. The Hall–Kier alpha value is -2.70. The molecule has 0 radical (unpaired) electrons. The van der Waals surface area contributed by atoms with Gasteiger partial charge in [-0.3, -0.25) is 4.79 Å². The van der Waals surface area contributed by atoms with Crippen molar-refractivity contribution < 1.29 is 14.7 Å². The quantitative estimate of drug-likeness (QED) is 0.833. The molecule has 92 valence electrons. The predicted molar refractivity (Wildman–Crippen MR) is 62.4 cm³/mol. The lowest BCUT2D eigenvalue weighted by Crippen LogP contribution is -2.16. The van der Waals surface area contributed by atoms with Gasteiger partial charge in [0.15, 0.2) is 0 Å². The van der Waals surface area contributed by atoms with E-state index in [-0.39, 0.29) is 17.3 Å². The number of pyridine rings is 1. The number of carbonyl (C=O) groups excluding carboxylic acids is 1. The number of aromatic carboxylic acids is 1. The van der Waals surface area contributed by atoms with Gasteiger partial charge in [0.25, 0.3) is 5.91 Å². The number of nitrogens with zero attached hydrogens (tertiary/aromatic N) is 3. The Morgan fingerprint density at radius 1 is 1.33 bits per heavy atom. The first-order valence-corrected chi connectivity index (χ1v) is 5.05. The van der Waals surface area contributed by atoms with Crippen molar-refractivity contribution in [2.45, 2.75) is 0 Å². The maximum absolute atomic E-state index is 11.8. The van der Waals surface area contributed by atoms with E-state index >= 15 is 0 Å². The van der Waals surface area contributed by atoms with E-state index in [9.17, 15) is 9.59 Å². The summed E-state index contributed by atoms with van der Waals surface area (Å²) >= 11 is 0. The number of carbonyl (C=O) groups is 2. The summed E-state index contributed by atoms with van der Waals surface area (Å²) in [6.45, 7) is 0. The number of aryl methyl sites for hydroxylation is 1. The molecule has 1 amide bonds. The maximum atomic E-state index is 11.8. The molecule has 0 aliphatic heterocycles. The third-order valence-electron chi connectivity index (χ3n) is 2.30. The standard InChI is InChI=1S/C11H10N4O3/c1-15-6-12-5-8(15)10(16)14-9-3-2-7(4-13-9)11(17)18/h2-6H,1H3,(H,17,18)(H,13,14,16). The third kappa shape index (κ3) is 2.34. The number of nitrogens with one attached hydrogen (secondary N) is 1. The van der Waals surface area contributed by atoms with Crippen molar-refractivity contribution in [1.82, 2.24) is 14.5 Å². The Morgan fingerprint density at radius 2 is 2.11 bits per heavy atom. The largest absolute Gasteiger partial charge is 0.478 e. The zero-order valence-corrected chi connectivity index (χ0v) is 9.49. The van der Waals surface area contributed by atoms with Crippen LogP contribution in [0.1, 0.15) is 20.8 Å². The van der Waals surface area contributed by atoms with Crippen LogP contribution in [0, 0.1) is 0 Å². The van der Waals surface area contributed by atoms with E-state index in [0.717, 1.165) is 0 Å². The van der Waals surface area contributed by atoms with Crippen LogP contribution in [0.15, 0.2) is 30.9 Å². The number of anilines is 1. The smallest absolute Gasteiger partial charge is 0.337 e. The number of hydrogen-bond donors (Lipinski definition) is 2. The predicted octanol–water partition coefficient (Wildman–Crippen LogP) is 0.766. The summed E-state index contributed by atoms with van der Waals surface area (Å²) in [4.78, 5) is 30.1. The third-order valence-corrected chi connectivity index (χ3v) is 2.30. The number of rotatable bonds is 3. The summed E-state index contributed by atoms with van der Waals surface area (Å²) in [5, 5.41) is 11.3. The number of carboxylic acid groups (broad SMARTS) is 1. The van der Waals surface area contributed by atoms with Crippen molar-refractivity contribution in [2.24, 2.45) is 7.05 Å². The number of hydrogen-bond acceptors (Lipinski definition) is 4. The number of amides is 1. The second kappa shape index (κ2) is 4.66. The van der Waals surface area contributed by atoms with E-state index in [1.165, 1.54) is 30.9 Å². The summed E-state index contributed by atoms with van der Waals surface area (Å²) < 4.78 is 1.57. The molecule has 0 spiro atoms. The van der Waals surface area contributed by atoms with Crippen LogP contribution in [0.2, 0.25) is 0 Å². The lowest BCUT2D eigenvalue weighted by molar-refractivity contribution is 0.0696. The molecule has 0 saturated heterocycles. The molecule has 0 aliphatic rings. The van der Waals surface area contributed by atoms with Crippen LogP contribution in [0.4, 0.5) is 5.82 Å². The van der Waals surface area contributed by atoms with Crippen LogP contribution in [0.25, 0.3) is 0 Å². The van der Waals surface area contributed by atoms with Crippen molar-refractivity contribution in [3.8, 4) is 0 Å². The average Bonchev–Trinajstić information content (AvgIpc) is 2.76. The second-order valence-electron chi connectivity index (χ2n) is 3.58. The molecule has 2 heterocycles. The van der Waals surface area contributed by atoms with Gasteiger partial charge in [0.1, 0.15) is 11.5 Å². The summed E-state index contributed by atoms with van der Waals surface area (Å²) in [5.41, 5.74) is 0.452. The minimum atomic E-state index is -1.06. The lowest BCUT2D eigenvalue weighted by atomic mass is 10.3. The molecule has 0 saturated carbocycles. The van der Waals surface area contributed by atoms with E-state index in [1.807, 2.05) is 0 Å². The van der Waals surface area contributed by atoms with Crippen LogP contribution in [0.5, 0.6) is 0 Å². The van der Waals surface area contributed by atoms with Crippen LogP contribution < -0.4 is 5.32 Å². The zero-order chi connectivity index (χ0) is 13.1. The molecule has 7 nitrogen and oxygen atoms in total. The van der Waals surface area contributed by atoms with Crippen LogP contribution in [-0.2, 0) is 7.05 Å². The molecule has 7 heteroatoms. The first-order chi connectivity index (χ1) is 8.58. The number of aromatic nitrogens is 3. The minimum Gasteiger partial charge on any atom is -0.478 e. The van der Waals surface area contributed by atoms with Gasteiger partial charge in [-0.15, -0.1) is 0 Å². The van der Waals surface area contributed by atoms with Gasteiger partial charge in [0.2, 0.25) is 0 Å². The van der Waals surface area contributed by atoms with Gasteiger partial charge in [-0.25, -0.2) is 14.8 Å². The molecule has 2 aromatic heterocycles. The molecule has 2 N–H and O–H groups in total. The Kier molecular flexibility index (Phi) is 3.05. The molecule has 0 fully saturated rings. The first kappa shape index (κ1) is 11.8. The van der Waals surface area contributed by atoms with E-state index in [1.54, 1.807) is 11.6 Å². The van der Waals surface area contributed by atoms with Crippen molar-refractivity contribution in [2.75, 3.05) is 5.32 Å². The van der Waals surface area contributed by atoms with Gasteiger partial charge in [0.05, 0.1) is 18.1 Å². The maximum Gasteiger partial charge on any atom is 0.337 e. The summed E-state index contributed by atoms with van der Waals surface area (Å²) in [6, 6.07) is 2.80. The van der Waals surface area contributed by atoms with Crippen LogP contribution in [-0.4, -0.2) is 31.5 Å². The van der Waals surface area contributed by atoms with Crippen molar-refractivity contribution in [3.05, 3.63) is 42.1 Å². The summed E-state index contributed by atoms with van der Waals surface area (Å²) in [5.74, 6) is -1.14. The molecule has 2 rings (SSSR count). The van der Waals surface area contributed by atoms with Gasteiger partial charge >= 0.3 is 5.97 Å². The molecular weight excluding hydrogens is 236 g/mol. The zero-order valence-electron chi connectivity index (χ0n) is 9.49. The van der Waals surface area contributed by atoms with Gasteiger partial charge in [0, 0.05) is 13.2 Å². The molecule has 2 aromatic rings. The van der Waals surface area contributed by atoms with Gasteiger partial charge < -0.3 is 15.0 Å². The topological polar surface area (TPSA) is 97.1 Å². The molecule has 0 unspecified atom stereocenters. The highest BCUT2D eigenvalue weighted by Crippen LogP contribution is 2.07. The molecule has 0 bridgehead atoms. The fourth-order valence-corrected chi connectivity index (χ4v) is 1.35.